The van der Waals surface area contributed by atoms with Crippen molar-refractivity contribution in [3.05, 3.63) is 52.4 Å². The fraction of sp³-hybridized carbons (Fsp3) is 0.263. The number of methoxy groups -OCH3 is 2. The van der Waals surface area contributed by atoms with Gasteiger partial charge in [-0.25, -0.2) is 0 Å². The van der Waals surface area contributed by atoms with E-state index in [4.69, 9.17) is 9.47 Å². The topological polar surface area (TPSA) is 67.9 Å². The number of ether oxygens (including phenoxy) is 2. The predicted molar refractivity (Wildman–Crippen MR) is 101 cm³/mol. The van der Waals surface area contributed by atoms with Crippen molar-refractivity contribution in [3.63, 3.8) is 0 Å². The molecule has 0 atom stereocenters. The zero-order chi connectivity index (χ0) is 18.5. The Labute approximate surface area is 156 Å². The standard InChI is InChI=1S/C19H20N2O4S/c1-24-11-6-10-21-18(22)16(15-9-5-12-26-15)17(19(21)23)20-13-7-3-4-8-14(13)25-2/h3-5,7-9,12,20H,6,10-11H2,1-2H3. The lowest BCUT2D eigenvalue weighted by Gasteiger charge is -2.15. The van der Waals surface area contributed by atoms with Crippen molar-refractivity contribution in [1.29, 1.82) is 0 Å². The van der Waals surface area contributed by atoms with Gasteiger partial charge in [-0.2, -0.15) is 0 Å². The number of para-hydroxylation sites is 2. The van der Waals surface area contributed by atoms with Crippen LogP contribution in [0.3, 0.4) is 0 Å². The number of carbonyl (C=O) groups is 2. The number of carbonyl (C=O) groups excluding carboxylic acids is 2. The van der Waals surface area contributed by atoms with Crippen LogP contribution < -0.4 is 10.1 Å². The largest absolute Gasteiger partial charge is 0.495 e. The first-order chi connectivity index (χ1) is 12.7. The van der Waals surface area contributed by atoms with E-state index in [-0.39, 0.29) is 17.5 Å². The third-order valence-electron chi connectivity index (χ3n) is 4.03. The Morgan fingerprint density at radius 1 is 1.08 bits per heavy atom. The van der Waals surface area contributed by atoms with Gasteiger partial charge >= 0.3 is 0 Å². The maximum Gasteiger partial charge on any atom is 0.278 e. The summed E-state index contributed by atoms with van der Waals surface area (Å²) in [6.45, 7) is 0.804. The molecule has 1 N–H and O–H groups in total. The first-order valence-corrected chi connectivity index (χ1v) is 9.08. The van der Waals surface area contributed by atoms with Crippen LogP contribution in [0.5, 0.6) is 5.75 Å². The normalized spacial score (nSPS) is 14.3. The molecule has 0 spiro atoms. The Balaban J connectivity index is 1.97. The number of benzene rings is 1. The predicted octanol–water partition coefficient (Wildman–Crippen LogP) is 2.99. The third-order valence-corrected chi connectivity index (χ3v) is 4.92. The molecule has 0 fully saturated rings. The fourth-order valence-electron chi connectivity index (χ4n) is 2.79. The second-order valence-electron chi connectivity index (χ2n) is 5.66. The number of amides is 2. The molecule has 7 heteroatoms. The molecule has 1 aromatic carbocycles. The van der Waals surface area contributed by atoms with Gasteiger partial charge < -0.3 is 14.8 Å². The van der Waals surface area contributed by atoms with Crippen molar-refractivity contribution in [2.24, 2.45) is 0 Å². The minimum Gasteiger partial charge on any atom is -0.495 e. The molecule has 2 heterocycles. The minimum atomic E-state index is -0.333. The lowest BCUT2D eigenvalue weighted by Crippen LogP contribution is -2.33. The highest BCUT2D eigenvalue weighted by atomic mass is 32.1. The Bertz CT molecular complexity index is 830. The van der Waals surface area contributed by atoms with Crippen molar-refractivity contribution in [2.75, 3.05) is 32.7 Å². The van der Waals surface area contributed by atoms with Crippen molar-refractivity contribution in [3.8, 4) is 5.75 Å². The molecule has 2 amide bonds. The van der Waals surface area contributed by atoms with Gasteiger partial charge in [0.1, 0.15) is 11.4 Å². The van der Waals surface area contributed by atoms with E-state index in [1.807, 2.05) is 35.7 Å². The highest BCUT2D eigenvalue weighted by Gasteiger charge is 2.39. The Morgan fingerprint density at radius 2 is 1.88 bits per heavy atom. The smallest absolute Gasteiger partial charge is 0.278 e. The summed E-state index contributed by atoms with van der Waals surface area (Å²) in [6.07, 6.45) is 0.591. The summed E-state index contributed by atoms with van der Waals surface area (Å²) < 4.78 is 10.4. The van der Waals surface area contributed by atoms with Gasteiger partial charge in [0.05, 0.1) is 18.4 Å². The number of hydrogen-bond acceptors (Lipinski definition) is 6. The zero-order valence-corrected chi connectivity index (χ0v) is 15.5. The molecule has 0 unspecified atom stereocenters. The van der Waals surface area contributed by atoms with E-state index >= 15 is 0 Å². The lowest BCUT2D eigenvalue weighted by atomic mass is 10.2. The van der Waals surface area contributed by atoms with E-state index in [9.17, 15) is 9.59 Å². The van der Waals surface area contributed by atoms with Gasteiger partial charge in [-0.05, 0) is 30.0 Å². The molecule has 0 aliphatic carbocycles. The number of imide groups is 1. The van der Waals surface area contributed by atoms with Crippen molar-refractivity contribution in [2.45, 2.75) is 6.42 Å². The van der Waals surface area contributed by atoms with E-state index in [0.29, 0.717) is 36.6 Å². The van der Waals surface area contributed by atoms with Crippen molar-refractivity contribution >= 4 is 34.4 Å². The lowest BCUT2D eigenvalue weighted by molar-refractivity contribution is -0.136. The van der Waals surface area contributed by atoms with Crippen LogP contribution in [-0.2, 0) is 14.3 Å². The Morgan fingerprint density at radius 3 is 2.58 bits per heavy atom. The summed E-state index contributed by atoms with van der Waals surface area (Å²) in [7, 11) is 3.16. The van der Waals surface area contributed by atoms with E-state index in [0.717, 1.165) is 4.88 Å². The molecule has 0 saturated carbocycles. The monoisotopic (exact) mass is 372 g/mol. The Kier molecular flexibility index (Phi) is 5.70. The molecule has 0 saturated heterocycles. The van der Waals surface area contributed by atoms with Gasteiger partial charge in [0.2, 0.25) is 0 Å². The average Bonchev–Trinajstić information content (AvgIpc) is 3.25. The van der Waals surface area contributed by atoms with E-state index in [1.54, 1.807) is 20.3 Å². The van der Waals surface area contributed by atoms with Gasteiger partial charge in [0.25, 0.3) is 11.8 Å². The van der Waals surface area contributed by atoms with E-state index in [2.05, 4.69) is 5.32 Å². The molecule has 3 rings (SSSR count). The summed E-state index contributed by atoms with van der Waals surface area (Å²) in [5.74, 6) is -0.0185. The number of thiophene rings is 1. The van der Waals surface area contributed by atoms with Gasteiger partial charge in [-0.3, -0.25) is 14.5 Å². The molecule has 1 aliphatic rings. The summed E-state index contributed by atoms with van der Waals surface area (Å²) in [5.41, 5.74) is 1.31. The third kappa shape index (κ3) is 3.49. The van der Waals surface area contributed by atoms with Crippen LogP contribution in [0.2, 0.25) is 0 Å². The molecule has 26 heavy (non-hydrogen) atoms. The number of nitrogens with zero attached hydrogens (tertiary/aromatic N) is 1. The highest BCUT2D eigenvalue weighted by molar-refractivity contribution is 7.11. The molecular weight excluding hydrogens is 352 g/mol. The Hall–Kier alpha value is -2.64. The summed E-state index contributed by atoms with van der Waals surface area (Å²) in [5, 5.41) is 5.00. The van der Waals surface area contributed by atoms with Crippen LogP contribution in [-0.4, -0.2) is 44.1 Å². The maximum atomic E-state index is 12.9. The highest BCUT2D eigenvalue weighted by Crippen LogP contribution is 2.34. The average molecular weight is 372 g/mol. The van der Waals surface area contributed by atoms with Crippen molar-refractivity contribution < 1.29 is 19.1 Å². The first kappa shape index (κ1) is 18.2. The number of hydrogen-bond donors (Lipinski definition) is 1. The van der Waals surface area contributed by atoms with Gasteiger partial charge in [0, 0.05) is 25.1 Å². The van der Waals surface area contributed by atoms with E-state index in [1.165, 1.54) is 16.2 Å². The second kappa shape index (κ2) is 8.16. The van der Waals surface area contributed by atoms with Crippen LogP contribution in [0, 0.1) is 0 Å². The number of nitrogens with one attached hydrogen (secondary N) is 1. The first-order valence-electron chi connectivity index (χ1n) is 8.20. The molecule has 1 aliphatic heterocycles. The summed E-state index contributed by atoms with van der Waals surface area (Å²) in [6, 6.07) is 11.0. The van der Waals surface area contributed by atoms with Crippen LogP contribution in [0.25, 0.3) is 5.57 Å². The molecule has 2 aromatic rings. The van der Waals surface area contributed by atoms with Crippen molar-refractivity contribution in [1.82, 2.24) is 4.90 Å². The molecule has 6 nitrogen and oxygen atoms in total. The molecule has 0 bridgehead atoms. The maximum absolute atomic E-state index is 12.9. The molecule has 1 aromatic heterocycles. The van der Waals surface area contributed by atoms with E-state index < -0.39 is 0 Å². The van der Waals surface area contributed by atoms with Crippen LogP contribution in [0.15, 0.2) is 47.5 Å². The SMILES string of the molecule is COCCCN1C(=O)C(Nc2ccccc2OC)=C(c2cccs2)C1=O. The van der Waals surface area contributed by atoms with Crippen LogP contribution in [0.4, 0.5) is 5.69 Å². The fourth-order valence-corrected chi connectivity index (χ4v) is 3.56. The van der Waals surface area contributed by atoms with Gasteiger partial charge in [0.15, 0.2) is 0 Å². The molecular formula is C19H20N2O4S. The van der Waals surface area contributed by atoms with Gasteiger partial charge in [-0.1, -0.05) is 18.2 Å². The number of rotatable bonds is 8. The molecule has 136 valence electrons. The molecule has 0 radical (unpaired) electrons. The quantitative estimate of drug-likeness (QED) is 0.570. The van der Waals surface area contributed by atoms with Gasteiger partial charge in [-0.15, -0.1) is 11.3 Å². The zero-order valence-electron chi connectivity index (χ0n) is 14.7. The summed E-state index contributed by atoms with van der Waals surface area (Å²) in [4.78, 5) is 27.9. The second-order valence-corrected chi connectivity index (χ2v) is 6.61. The van der Waals surface area contributed by atoms with Crippen LogP contribution >= 0.6 is 11.3 Å². The summed E-state index contributed by atoms with van der Waals surface area (Å²) >= 11 is 1.43. The minimum absolute atomic E-state index is 0.277. The number of anilines is 1. The van der Waals surface area contributed by atoms with Crippen LogP contribution in [0.1, 0.15) is 11.3 Å².